The van der Waals surface area contributed by atoms with Crippen LogP contribution >= 0.6 is 15.9 Å². The Bertz CT molecular complexity index is 932. The van der Waals surface area contributed by atoms with Crippen molar-refractivity contribution in [3.63, 3.8) is 0 Å². The second kappa shape index (κ2) is 8.53. The van der Waals surface area contributed by atoms with Gasteiger partial charge in [-0.15, -0.1) is 0 Å². The van der Waals surface area contributed by atoms with Gasteiger partial charge < -0.3 is 14.8 Å². The zero-order chi connectivity index (χ0) is 20.4. The van der Waals surface area contributed by atoms with Crippen molar-refractivity contribution in [2.75, 3.05) is 6.61 Å². The highest BCUT2D eigenvalue weighted by molar-refractivity contribution is 9.10. The number of amides is 1. The Hall–Kier alpha value is -2.41. The number of carbonyl (C=O) groups is 2. The summed E-state index contributed by atoms with van der Waals surface area (Å²) in [5, 5.41) is 2.72. The number of nitrogens with zero attached hydrogens (tertiary/aromatic N) is 1. The van der Waals surface area contributed by atoms with E-state index < -0.39 is 18.1 Å². The van der Waals surface area contributed by atoms with Crippen molar-refractivity contribution in [3.05, 3.63) is 57.2 Å². The van der Waals surface area contributed by atoms with Crippen LogP contribution in [0.15, 0.2) is 34.8 Å². The Labute approximate surface area is 178 Å². The minimum absolute atomic E-state index is 0.266. The number of ether oxygens (including phenoxy) is 2. The molecule has 2 aromatic rings. The molecule has 152 valence electrons. The zero-order valence-electron chi connectivity index (χ0n) is 16.2. The van der Waals surface area contributed by atoms with Crippen molar-refractivity contribution < 1.29 is 19.1 Å². The molecule has 4 rings (SSSR count). The predicted octanol–water partition coefficient (Wildman–Crippen LogP) is 3.45. The third kappa shape index (κ3) is 4.29. The smallest absolute Gasteiger partial charge is 0.329 e. The first-order chi connectivity index (χ1) is 14.0. The highest BCUT2D eigenvalue weighted by Gasteiger charge is 2.34. The molecule has 0 radical (unpaired) electrons. The van der Waals surface area contributed by atoms with Gasteiger partial charge in [0.25, 0.3) is 0 Å². The van der Waals surface area contributed by atoms with Gasteiger partial charge in [-0.3, -0.25) is 4.79 Å². The molecule has 1 aliphatic heterocycles. The van der Waals surface area contributed by atoms with Crippen molar-refractivity contribution in [3.8, 4) is 5.88 Å². The predicted molar refractivity (Wildman–Crippen MR) is 111 cm³/mol. The van der Waals surface area contributed by atoms with Crippen molar-refractivity contribution in [1.82, 2.24) is 10.3 Å². The average Bonchev–Trinajstić information content (AvgIpc) is 3.11. The Morgan fingerprint density at radius 3 is 2.83 bits per heavy atom. The molecule has 1 aromatic heterocycles. The summed E-state index contributed by atoms with van der Waals surface area (Å²) in [6, 6.07) is 8.84. The molecule has 1 unspecified atom stereocenters. The van der Waals surface area contributed by atoms with Crippen LogP contribution in [-0.2, 0) is 33.6 Å². The van der Waals surface area contributed by atoms with E-state index in [2.05, 4.69) is 26.2 Å². The molecule has 29 heavy (non-hydrogen) atoms. The lowest BCUT2D eigenvalue weighted by atomic mass is 10.1. The molecule has 2 atom stereocenters. The largest absolute Gasteiger partial charge is 0.477 e. The molecule has 2 aliphatic rings. The van der Waals surface area contributed by atoms with Gasteiger partial charge in [-0.1, -0.05) is 30.3 Å². The lowest BCUT2D eigenvalue weighted by Crippen LogP contribution is -2.42. The molecule has 0 saturated heterocycles. The van der Waals surface area contributed by atoms with E-state index in [1.807, 2.05) is 30.3 Å². The summed E-state index contributed by atoms with van der Waals surface area (Å²) in [5.74, 6) is -0.0796. The number of esters is 1. The van der Waals surface area contributed by atoms with E-state index in [0.717, 1.165) is 46.1 Å². The molecule has 0 spiro atoms. The number of halogens is 1. The highest BCUT2D eigenvalue weighted by atomic mass is 79.9. The Morgan fingerprint density at radius 2 is 2.07 bits per heavy atom. The minimum Gasteiger partial charge on any atom is -0.477 e. The molecular weight excluding hydrogens is 436 g/mol. The van der Waals surface area contributed by atoms with Gasteiger partial charge in [0.05, 0.1) is 12.3 Å². The molecular formula is C22H23BrN2O4. The van der Waals surface area contributed by atoms with Crippen LogP contribution in [-0.4, -0.2) is 29.5 Å². The molecule has 2 heterocycles. The van der Waals surface area contributed by atoms with Crippen LogP contribution in [0.4, 0.5) is 0 Å². The molecule has 1 amide bonds. The van der Waals surface area contributed by atoms with Crippen LogP contribution in [0, 0.1) is 0 Å². The van der Waals surface area contributed by atoms with E-state index >= 15 is 0 Å². The van der Waals surface area contributed by atoms with Gasteiger partial charge in [0.1, 0.15) is 12.1 Å². The summed E-state index contributed by atoms with van der Waals surface area (Å²) in [6.45, 7) is 2.05. The SMILES string of the molecule is CC(=O)N[C@@H](Cc1ccccc1)C(=O)OC1CCc2c1nc1c(c2Br)CCCO1. The lowest BCUT2D eigenvalue weighted by Gasteiger charge is -2.22. The molecule has 6 nitrogen and oxygen atoms in total. The standard InChI is InChI=1S/C22H23BrN2O4/c1-13(26)24-17(12-14-6-3-2-4-7-14)22(27)29-18-10-9-15-19(23)16-8-5-11-28-21(16)25-20(15)18/h2-4,6-7,17-18H,5,8-12H2,1H3,(H,24,26)/t17-,18?/m0/s1. The number of fused-ring (bicyclic) bond motifs is 2. The first kappa shape index (κ1) is 19.9. The summed E-state index contributed by atoms with van der Waals surface area (Å²) < 4.78 is 12.6. The van der Waals surface area contributed by atoms with Crippen LogP contribution in [0.1, 0.15) is 48.3 Å². The topological polar surface area (TPSA) is 77.5 Å². The van der Waals surface area contributed by atoms with Crippen LogP contribution in [0.25, 0.3) is 0 Å². The molecule has 1 aromatic carbocycles. The van der Waals surface area contributed by atoms with Crippen LogP contribution < -0.4 is 10.1 Å². The van der Waals surface area contributed by atoms with E-state index in [1.54, 1.807) is 0 Å². The zero-order valence-corrected chi connectivity index (χ0v) is 17.8. The number of carbonyl (C=O) groups excluding carboxylic acids is 2. The number of hydrogen-bond acceptors (Lipinski definition) is 5. The number of hydrogen-bond donors (Lipinski definition) is 1. The Kier molecular flexibility index (Phi) is 5.85. The molecule has 0 fully saturated rings. The van der Waals surface area contributed by atoms with Gasteiger partial charge >= 0.3 is 5.97 Å². The average molecular weight is 459 g/mol. The molecule has 0 saturated carbocycles. The summed E-state index contributed by atoms with van der Waals surface area (Å²) in [4.78, 5) is 29.2. The maximum atomic E-state index is 12.9. The van der Waals surface area contributed by atoms with Gasteiger partial charge in [-0.2, -0.15) is 0 Å². The fourth-order valence-electron chi connectivity index (χ4n) is 3.93. The summed E-state index contributed by atoms with van der Waals surface area (Å²) in [6.07, 6.45) is 3.32. The maximum absolute atomic E-state index is 12.9. The van der Waals surface area contributed by atoms with E-state index in [9.17, 15) is 9.59 Å². The fraction of sp³-hybridized carbons (Fsp3) is 0.409. The van der Waals surface area contributed by atoms with Crippen LogP contribution in [0.5, 0.6) is 5.88 Å². The Morgan fingerprint density at radius 1 is 1.28 bits per heavy atom. The number of aromatic nitrogens is 1. The first-order valence-corrected chi connectivity index (χ1v) is 10.7. The second-order valence-corrected chi connectivity index (χ2v) is 8.23. The number of pyridine rings is 1. The normalized spacial score (nSPS) is 18.2. The Balaban J connectivity index is 1.53. The van der Waals surface area contributed by atoms with Crippen molar-refractivity contribution in [1.29, 1.82) is 0 Å². The number of nitrogens with one attached hydrogen (secondary N) is 1. The molecule has 7 heteroatoms. The van der Waals surface area contributed by atoms with Gasteiger partial charge in [-0.05, 0) is 52.7 Å². The van der Waals surface area contributed by atoms with E-state index in [1.165, 1.54) is 6.92 Å². The summed E-state index contributed by atoms with van der Waals surface area (Å²) in [5.41, 5.74) is 3.90. The third-order valence-electron chi connectivity index (χ3n) is 5.29. The molecule has 1 aliphatic carbocycles. The minimum atomic E-state index is -0.740. The third-order valence-corrected chi connectivity index (χ3v) is 6.25. The van der Waals surface area contributed by atoms with Crippen molar-refractivity contribution in [2.24, 2.45) is 0 Å². The number of rotatable bonds is 5. The van der Waals surface area contributed by atoms with Crippen LogP contribution in [0.2, 0.25) is 0 Å². The second-order valence-electron chi connectivity index (χ2n) is 7.43. The first-order valence-electron chi connectivity index (χ1n) is 9.88. The van der Waals surface area contributed by atoms with E-state index in [4.69, 9.17) is 9.47 Å². The van der Waals surface area contributed by atoms with Gasteiger partial charge in [0, 0.05) is 23.4 Å². The van der Waals surface area contributed by atoms with Gasteiger partial charge in [0.2, 0.25) is 11.8 Å². The molecule has 0 bridgehead atoms. The summed E-state index contributed by atoms with van der Waals surface area (Å²) in [7, 11) is 0. The van der Waals surface area contributed by atoms with E-state index in [0.29, 0.717) is 25.3 Å². The molecule has 1 N–H and O–H groups in total. The van der Waals surface area contributed by atoms with Crippen LogP contribution in [0.3, 0.4) is 0 Å². The quantitative estimate of drug-likeness (QED) is 0.694. The van der Waals surface area contributed by atoms with Gasteiger partial charge in [-0.25, -0.2) is 9.78 Å². The fourth-order valence-corrected chi connectivity index (χ4v) is 4.70. The van der Waals surface area contributed by atoms with Crippen molar-refractivity contribution in [2.45, 2.75) is 51.2 Å². The highest BCUT2D eigenvalue weighted by Crippen LogP contribution is 2.42. The number of benzene rings is 1. The lowest BCUT2D eigenvalue weighted by molar-refractivity contribution is -0.153. The maximum Gasteiger partial charge on any atom is 0.329 e. The monoisotopic (exact) mass is 458 g/mol. The van der Waals surface area contributed by atoms with E-state index in [-0.39, 0.29) is 5.91 Å². The van der Waals surface area contributed by atoms with Crippen molar-refractivity contribution >= 4 is 27.8 Å². The summed E-state index contributed by atoms with van der Waals surface area (Å²) >= 11 is 3.70. The van der Waals surface area contributed by atoms with Gasteiger partial charge in [0.15, 0.2) is 0 Å².